The number of nitrogens with one attached hydrogen (secondary N) is 1. The molecule has 4 rings (SSSR count). The molecule has 3 aromatic carbocycles. The molecule has 0 bridgehead atoms. The van der Waals surface area contributed by atoms with E-state index in [0.29, 0.717) is 12.1 Å². The summed E-state index contributed by atoms with van der Waals surface area (Å²) >= 11 is 3.20. The lowest BCUT2D eigenvalue weighted by molar-refractivity contribution is 0.0948. The van der Waals surface area contributed by atoms with Gasteiger partial charge in [0.05, 0.1) is 23.9 Å². The Morgan fingerprint density at radius 2 is 1.93 bits per heavy atom. The molecular formula is C23H20N2O2S2. The largest absolute Gasteiger partial charge is 0.496 e. The number of aromatic nitrogens is 1. The molecule has 0 aliphatic carbocycles. The summed E-state index contributed by atoms with van der Waals surface area (Å²) in [6.45, 7) is 0.397. The molecule has 29 heavy (non-hydrogen) atoms. The zero-order valence-corrected chi connectivity index (χ0v) is 17.6. The van der Waals surface area contributed by atoms with Crippen LogP contribution in [0.3, 0.4) is 0 Å². The van der Waals surface area contributed by atoms with Crippen molar-refractivity contribution in [2.24, 2.45) is 0 Å². The van der Waals surface area contributed by atoms with Gasteiger partial charge in [0.15, 0.2) is 0 Å². The van der Waals surface area contributed by atoms with Gasteiger partial charge in [-0.2, -0.15) is 0 Å². The first-order valence-electron chi connectivity index (χ1n) is 9.18. The Bertz CT molecular complexity index is 1130. The SMILES string of the molecule is COc1ccc2ccccc2c1CNC(=O)c1ccccc1SCc1cscn1. The Morgan fingerprint density at radius 3 is 2.76 bits per heavy atom. The van der Waals surface area contributed by atoms with E-state index in [2.05, 4.69) is 22.4 Å². The summed E-state index contributed by atoms with van der Waals surface area (Å²) in [5, 5.41) is 7.30. The minimum absolute atomic E-state index is 0.0960. The highest BCUT2D eigenvalue weighted by atomic mass is 32.2. The van der Waals surface area contributed by atoms with Gasteiger partial charge in [-0.3, -0.25) is 4.79 Å². The highest BCUT2D eigenvalue weighted by molar-refractivity contribution is 7.98. The number of carbonyl (C=O) groups excluding carboxylic acids is 1. The number of hydrogen-bond acceptors (Lipinski definition) is 5. The van der Waals surface area contributed by atoms with Crippen molar-refractivity contribution in [1.82, 2.24) is 10.3 Å². The summed E-state index contributed by atoms with van der Waals surface area (Å²) in [4.78, 5) is 18.2. The van der Waals surface area contributed by atoms with E-state index < -0.39 is 0 Å². The number of carbonyl (C=O) groups is 1. The lowest BCUT2D eigenvalue weighted by Crippen LogP contribution is -2.23. The Hall–Kier alpha value is -2.83. The number of benzene rings is 3. The Labute approximate surface area is 177 Å². The van der Waals surface area contributed by atoms with Crippen LogP contribution >= 0.6 is 23.1 Å². The highest BCUT2D eigenvalue weighted by Gasteiger charge is 2.14. The molecule has 1 aromatic heterocycles. The van der Waals surface area contributed by atoms with Gasteiger partial charge in [-0.1, -0.05) is 42.5 Å². The zero-order chi connectivity index (χ0) is 20.1. The molecule has 0 saturated carbocycles. The molecule has 0 fully saturated rings. The predicted molar refractivity (Wildman–Crippen MR) is 120 cm³/mol. The quantitative estimate of drug-likeness (QED) is 0.400. The molecule has 0 aliphatic heterocycles. The number of hydrogen-bond donors (Lipinski definition) is 1. The third-order valence-electron chi connectivity index (χ3n) is 4.63. The lowest BCUT2D eigenvalue weighted by Gasteiger charge is -2.14. The molecule has 6 heteroatoms. The minimum atomic E-state index is -0.0960. The van der Waals surface area contributed by atoms with Crippen molar-refractivity contribution in [1.29, 1.82) is 0 Å². The normalized spacial score (nSPS) is 10.8. The maximum absolute atomic E-state index is 13.0. The number of nitrogens with zero attached hydrogens (tertiary/aromatic N) is 1. The molecule has 1 N–H and O–H groups in total. The van der Waals surface area contributed by atoms with E-state index in [1.165, 1.54) is 0 Å². The van der Waals surface area contributed by atoms with Crippen molar-refractivity contribution in [2.75, 3.05) is 7.11 Å². The van der Waals surface area contributed by atoms with Crippen LogP contribution in [0, 0.1) is 0 Å². The second-order valence-electron chi connectivity index (χ2n) is 6.41. The van der Waals surface area contributed by atoms with E-state index >= 15 is 0 Å². The summed E-state index contributed by atoms with van der Waals surface area (Å²) in [5.41, 5.74) is 4.50. The fraction of sp³-hybridized carbons (Fsp3) is 0.130. The first-order valence-corrected chi connectivity index (χ1v) is 11.1. The van der Waals surface area contributed by atoms with Gasteiger partial charge in [0.2, 0.25) is 0 Å². The van der Waals surface area contributed by atoms with Crippen LogP contribution in [0.25, 0.3) is 10.8 Å². The molecular weight excluding hydrogens is 400 g/mol. The number of amides is 1. The van der Waals surface area contributed by atoms with Crippen LogP contribution in [-0.4, -0.2) is 18.0 Å². The predicted octanol–water partition coefficient (Wildman–Crippen LogP) is 5.53. The second-order valence-corrected chi connectivity index (χ2v) is 8.15. The van der Waals surface area contributed by atoms with Crippen LogP contribution < -0.4 is 10.1 Å². The van der Waals surface area contributed by atoms with Crippen LogP contribution in [0.4, 0.5) is 0 Å². The first-order chi connectivity index (χ1) is 14.3. The molecule has 1 amide bonds. The lowest BCUT2D eigenvalue weighted by atomic mass is 10.0. The average Bonchev–Trinajstić information content (AvgIpc) is 3.29. The van der Waals surface area contributed by atoms with Crippen LogP contribution in [0.1, 0.15) is 21.6 Å². The Morgan fingerprint density at radius 1 is 1.10 bits per heavy atom. The Kier molecular flexibility index (Phi) is 6.12. The number of rotatable bonds is 7. The van der Waals surface area contributed by atoms with Gasteiger partial charge in [0.1, 0.15) is 5.75 Å². The van der Waals surface area contributed by atoms with Gasteiger partial charge in [0.25, 0.3) is 5.91 Å². The average molecular weight is 421 g/mol. The van der Waals surface area contributed by atoms with Gasteiger partial charge in [0, 0.05) is 28.1 Å². The fourth-order valence-corrected chi connectivity index (χ4v) is 4.81. The molecule has 146 valence electrons. The van der Waals surface area contributed by atoms with Gasteiger partial charge in [-0.15, -0.1) is 23.1 Å². The first kappa shape index (κ1) is 19.5. The maximum atomic E-state index is 13.0. The van der Waals surface area contributed by atoms with Crippen molar-refractivity contribution in [2.45, 2.75) is 17.2 Å². The van der Waals surface area contributed by atoms with Gasteiger partial charge >= 0.3 is 0 Å². The van der Waals surface area contributed by atoms with Crippen LogP contribution in [-0.2, 0) is 12.3 Å². The van der Waals surface area contributed by atoms with Crippen LogP contribution in [0.2, 0.25) is 0 Å². The summed E-state index contributed by atoms with van der Waals surface area (Å²) in [6.07, 6.45) is 0. The second kappa shape index (κ2) is 9.11. The van der Waals surface area contributed by atoms with E-state index in [1.54, 1.807) is 30.2 Å². The van der Waals surface area contributed by atoms with Crippen LogP contribution in [0.15, 0.2) is 76.4 Å². The monoisotopic (exact) mass is 420 g/mol. The van der Waals surface area contributed by atoms with Crippen molar-refractivity contribution < 1.29 is 9.53 Å². The number of ether oxygens (including phenoxy) is 1. The summed E-state index contributed by atoms with van der Waals surface area (Å²) in [7, 11) is 1.65. The van der Waals surface area contributed by atoms with Crippen LogP contribution in [0.5, 0.6) is 5.75 Å². The fourth-order valence-electron chi connectivity index (χ4n) is 3.19. The molecule has 4 nitrogen and oxygen atoms in total. The maximum Gasteiger partial charge on any atom is 0.252 e. The van der Waals surface area contributed by atoms with E-state index in [9.17, 15) is 4.79 Å². The smallest absolute Gasteiger partial charge is 0.252 e. The van der Waals surface area contributed by atoms with Crippen molar-refractivity contribution in [3.63, 3.8) is 0 Å². The topological polar surface area (TPSA) is 51.2 Å². The third-order valence-corrected chi connectivity index (χ3v) is 6.38. The minimum Gasteiger partial charge on any atom is -0.496 e. The Balaban J connectivity index is 1.53. The number of thioether (sulfide) groups is 1. The molecule has 0 radical (unpaired) electrons. The molecule has 0 unspecified atom stereocenters. The molecule has 0 saturated heterocycles. The van der Waals surface area contributed by atoms with Crippen molar-refractivity contribution >= 4 is 39.8 Å². The molecule has 4 aromatic rings. The molecule has 1 heterocycles. The zero-order valence-electron chi connectivity index (χ0n) is 15.9. The standard InChI is InChI=1S/C23H20N2O2S2/c1-27-21-11-10-16-6-2-3-7-18(16)20(21)12-24-23(26)19-8-4-5-9-22(19)29-14-17-13-28-15-25-17/h2-11,13,15H,12,14H2,1H3,(H,24,26). The van der Waals surface area contributed by atoms with E-state index in [4.69, 9.17) is 4.74 Å². The van der Waals surface area contributed by atoms with Crippen molar-refractivity contribution in [3.8, 4) is 5.75 Å². The molecule has 0 atom stereocenters. The molecule has 0 spiro atoms. The summed E-state index contributed by atoms with van der Waals surface area (Å²) in [5.74, 6) is 1.42. The summed E-state index contributed by atoms with van der Waals surface area (Å²) in [6, 6.07) is 19.8. The van der Waals surface area contributed by atoms with Gasteiger partial charge < -0.3 is 10.1 Å². The van der Waals surface area contributed by atoms with Gasteiger partial charge in [-0.05, 0) is 29.0 Å². The van der Waals surface area contributed by atoms with Gasteiger partial charge in [-0.25, -0.2) is 4.98 Å². The van der Waals surface area contributed by atoms with E-state index in [0.717, 1.165) is 38.4 Å². The molecule has 0 aliphatic rings. The number of methoxy groups -OCH3 is 1. The van der Waals surface area contributed by atoms with E-state index in [-0.39, 0.29) is 5.91 Å². The highest BCUT2D eigenvalue weighted by Crippen LogP contribution is 2.29. The summed E-state index contributed by atoms with van der Waals surface area (Å²) < 4.78 is 5.53. The van der Waals surface area contributed by atoms with Crippen molar-refractivity contribution in [3.05, 3.63) is 88.4 Å². The number of thiazole rings is 1. The number of fused-ring (bicyclic) bond motifs is 1. The third kappa shape index (κ3) is 4.44. The van der Waals surface area contributed by atoms with E-state index in [1.807, 2.05) is 59.4 Å².